The first-order chi connectivity index (χ1) is 8.66. The highest BCUT2D eigenvalue weighted by molar-refractivity contribution is 5.92. The molecule has 1 aliphatic carbocycles. The summed E-state index contributed by atoms with van der Waals surface area (Å²) in [5.74, 6) is 0.813. The second kappa shape index (κ2) is 5.98. The highest BCUT2D eigenvalue weighted by Gasteiger charge is 2.25. The van der Waals surface area contributed by atoms with Crippen molar-refractivity contribution in [1.82, 2.24) is 4.98 Å². The maximum atomic E-state index is 12.2. The van der Waals surface area contributed by atoms with Crippen LogP contribution in [0.4, 0.5) is 5.69 Å². The zero-order valence-corrected chi connectivity index (χ0v) is 11.3. The van der Waals surface area contributed by atoms with Crippen molar-refractivity contribution in [2.24, 2.45) is 11.8 Å². The van der Waals surface area contributed by atoms with E-state index in [2.05, 4.69) is 17.2 Å². The van der Waals surface area contributed by atoms with E-state index in [1.807, 2.05) is 19.1 Å². The smallest absolute Gasteiger partial charge is 0.227 e. The first kappa shape index (κ1) is 13.1. The molecule has 3 heteroatoms. The van der Waals surface area contributed by atoms with Gasteiger partial charge in [0.05, 0.1) is 0 Å². The minimum atomic E-state index is 0.110. The molecule has 1 fully saturated rings. The summed E-state index contributed by atoms with van der Waals surface area (Å²) in [7, 11) is 0. The van der Waals surface area contributed by atoms with E-state index in [4.69, 9.17) is 0 Å². The van der Waals surface area contributed by atoms with Crippen molar-refractivity contribution in [3.8, 4) is 0 Å². The summed E-state index contributed by atoms with van der Waals surface area (Å²) >= 11 is 0. The minimum absolute atomic E-state index is 0.110. The molecule has 0 radical (unpaired) electrons. The SMILES string of the molecule is Cc1cc(NC(=O)C(C)C2CCCCC2)ccn1. The Morgan fingerprint density at radius 1 is 1.39 bits per heavy atom. The number of nitrogens with one attached hydrogen (secondary N) is 1. The van der Waals surface area contributed by atoms with E-state index in [1.54, 1.807) is 6.20 Å². The molecule has 1 saturated carbocycles. The zero-order valence-electron chi connectivity index (χ0n) is 11.3. The summed E-state index contributed by atoms with van der Waals surface area (Å²) in [4.78, 5) is 16.3. The number of hydrogen-bond acceptors (Lipinski definition) is 2. The average molecular weight is 246 g/mol. The quantitative estimate of drug-likeness (QED) is 0.886. The van der Waals surface area contributed by atoms with Crippen LogP contribution in [0.5, 0.6) is 0 Å². The lowest BCUT2D eigenvalue weighted by Gasteiger charge is -2.26. The van der Waals surface area contributed by atoms with Crippen molar-refractivity contribution in [1.29, 1.82) is 0 Å². The van der Waals surface area contributed by atoms with Gasteiger partial charge in [-0.15, -0.1) is 0 Å². The van der Waals surface area contributed by atoms with Gasteiger partial charge in [0.15, 0.2) is 0 Å². The summed E-state index contributed by atoms with van der Waals surface area (Å²) < 4.78 is 0. The summed E-state index contributed by atoms with van der Waals surface area (Å²) in [6.45, 7) is 3.99. The van der Waals surface area contributed by atoms with E-state index >= 15 is 0 Å². The molecular weight excluding hydrogens is 224 g/mol. The molecule has 98 valence electrons. The fraction of sp³-hybridized carbons (Fsp3) is 0.600. The van der Waals surface area contributed by atoms with E-state index in [-0.39, 0.29) is 11.8 Å². The molecule has 1 N–H and O–H groups in total. The Morgan fingerprint density at radius 3 is 2.78 bits per heavy atom. The summed E-state index contributed by atoms with van der Waals surface area (Å²) in [5, 5.41) is 3.00. The van der Waals surface area contributed by atoms with Crippen LogP contribution in [0.25, 0.3) is 0 Å². The molecule has 3 nitrogen and oxygen atoms in total. The Labute approximate surface area is 109 Å². The molecule has 0 bridgehead atoms. The molecule has 1 aromatic rings. The molecule has 0 saturated heterocycles. The molecule has 1 atom stereocenters. The van der Waals surface area contributed by atoms with Gasteiger partial charge in [0.25, 0.3) is 0 Å². The van der Waals surface area contributed by atoms with Gasteiger partial charge in [0.2, 0.25) is 5.91 Å². The average Bonchev–Trinajstić information content (AvgIpc) is 2.39. The molecule has 0 aliphatic heterocycles. The van der Waals surface area contributed by atoms with Gasteiger partial charge in [-0.3, -0.25) is 9.78 Å². The molecule has 1 aromatic heterocycles. The Morgan fingerprint density at radius 2 is 2.11 bits per heavy atom. The molecule has 1 heterocycles. The number of pyridine rings is 1. The van der Waals surface area contributed by atoms with Crippen LogP contribution in [0.15, 0.2) is 18.3 Å². The van der Waals surface area contributed by atoms with Gasteiger partial charge in [-0.1, -0.05) is 26.2 Å². The number of aromatic nitrogens is 1. The number of carbonyl (C=O) groups is 1. The first-order valence-electron chi connectivity index (χ1n) is 6.90. The first-order valence-corrected chi connectivity index (χ1v) is 6.90. The molecule has 0 spiro atoms. The Bertz CT molecular complexity index is 411. The normalized spacial score (nSPS) is 18.3. The number of amides is 1. The molecule has 18 heavy (non-hydrogen) atoms. The van der Waals surface area contributed by atoms with Gasteiger partial charge in [-0.25, -0.2) is 0 Å². The predicted octanol–water partition coefficient (Wildman–Crippen LogP) is 3.54. The van der Waals surface area contributed by atoms with Gasteiger partial charge in [0.1, 0.15) is 0 Å². The summed E-state index contributed by atoms with van der Waals surface area (Å²) in [6.07, 6.45) is 8.01. The number of carbonyl (C=O) groups excluding carboxylic acids is 1. The third-order valence-electron chi connectivity index (χ3n) is 3.93. The minimum Gasteiger partial charge on any atom is -0.326 e. The van der Waals surface area contributed by atoms with Gasteiger partial charge >= 0.3 is 0 Å². The second-order valence-corrected chi connectivity index (χ2v) is 5.36. The lowest BCUT2D eigenvalue weighted by atomic mass is 9.80. The maximum Gasteiger partial charge on any atom is 0.227 e. The predicted molar refractivity (Wildman–Crippen MR) is 73.3 cm³/mol. The van der Waals surface area contributed by atoms with E-state index in [0.717, 1.165) is 11.4 Å². The van der Waals surface area contributed by atoms with Gasteiger partial charge in [-0.2, -0.15) is 0 Å². The van der Waals surface area contributed by atoms with Crippen molar-refractivity contribution in [2.45, 2.75) is 46.0 Å². The standard InChI is InChI=1S/C15H22N2O/c1-11-10-14(8-9-16-11)17-15(18)12(2)13-6-4-3-5-7-13/h8-10,12-13H,3-7H2,1-2H3,(H,16,17,18). The van der Waals surface area contributed by atoms with Crippen molar-refractivity contribution >= 4 is 11.6 Å². The molecule has 2 rings (SSSR count). The fourth-order valence-electron chi connectivity index (χ4n) is 2.73. The van der Waals surface area contributed by atoms with Crippen LogP contribution < -0.4 is 5.32 Å². The van der Waals surface area contributed by atoms with Crippen molar-refractivity contribution < 1.29 is 4.79 Å². The largest absolute Gasteiger partial charge is 0.326 e. The molecule has 0 aromatic carbocycles. The third-order valence-corrected chi connectivity index (χ3v) is 3.93. The van der Waals surface area contributed by atoms with Crippen LogP contribution in [0.2, 0.25) is 0 Å². The van der Waals surface area contributed by atoms with Crippen LogP contribution in [0.3, 0.4) is 0 Å². The number of anilines is 1. The van der Waals surface area contributed by atoms with Gasteiger partial charge < -0.3 is 5.32 Å². The molecule has 1 unspecified atom stereocenters. The number of rotatable bonds is 3. The van der Waals surface area contributed by atoms with E-state index in [9.17, 15) is 4.79 Å². The van der Waals surface area contributed by atoms with Crippen LogP contribution >= 0.6 is 0 Å². The fourth-order valence-corrected chi connectivity index (χ4v) is 2.73. The van der Waals surface area contributed by atoms with Crippen LogP contribution in [0, 0.1) is 18.8 Å². The molecule has 1 amide bonds. The molecular formula is C15H22N2O. The highest BCUT2D eigenvalue weighted by atomic mass is 16.1. The van der Waals surface area contributed by atoms with E-state index in [0.29, 0.717) is 5.92 Å². The molecule has 1 aliphatic rings. The highest BCUT2D eigenvalue weighted by Crippen LogP contribution is 2.30. The van der Waals surface area contributed by atoms with Gasteiger partial charge in [0, 0.05) is 23.5 Å². The van der Waals surface area contributed by atoms with Crippen molar-refractivity contribution in [3.05, 3.63) is 24.0 Å². The lowest BCUT2D eigenvalue weighted by Crippen LogP contribution is -2.28. The van der Waals surface area contributed by atoms with Crippen LogP contribution in [-0.2, 0) is 4.79 Å². The Kier molecular flexibility index (Phi) is 4.34. The summed E-state index contributed by atoms with van der Waals surface area (Å²) in [5.41, 5.74) is 1.79. The van der Waals surface area contributed by atoms with E-state index in [1.165, 1.54) is 32.1 Å². The van der Waals surface area contributed by atoms with Crippen LogP contribution in [-0.4, -0.2) is 10.9 Å². The zero-order chi connectivity index (χ0) is 13.0. The monoisotopic (exact) mass is 246 g/mol. The lowest BCUT2D eigenvalue weighted by molar-refractivity contribution is -0.121. The van der Waals surface area contributed by atoms with Crippen molar-refractivity contribution in [3.63, 3.8) is 0 Å². The topological polar surface area (TPSA) is 42.0 Å². The number of nitrogens with zero attached hydrogens (tertiary/aromatic N) is 1. The Balaban J connectivity index is 1.94. The Hall–Kier alpha value is -1.38. The number of aryl methyl sites for hydroxylation is 1. The van der Waals surface area contributed by atoms with Crippen LogP contribution in [0.1, 0.15) is 44.7 Å². The van der Waals surface area contributed by atoms with Gasteiger partial charge in [-0.05, 0) is 37.8 Å². The van der Waals surface area contributed by atoms with E-state index < -0.39 is 0 Å². The summed E-state index contributed by atoms with van der Waals surface area (Å²) in [6, 6.07) is 3.75. The third kappa shape index (κ3) is 3.31. The van der Waals surface area contributed by atoms with Crippen molar-refractivity contribution in [2.75, 3.05) is 5.32 Å². The second-order valence-electron chi connectivity index (χ2n) is 5.36. The maximum absolute atomic E-state index is 12.2. The number of hydrogen-bond donors (Lipinski definition) is 1.